The monoisotopic (exact) mass is 136 g/mol. The van der Waals surface area contributed by atoms with Crippen LogP contribution in [0, 0.1) is 5.92 Å². The van der Waals surface area contributed by atoms with Gasteiger partial charge in [-0.1, -0.05) is 20.3 Å². The quantitative estimate of drug-likeness (QED) is 0.422. The van der Waals surface area contributed by atoms with E-state index in [4.69, 9.17) is 0 Å². The van der Waals surface area contributed by atoms with Crippen molar-refractivity contribution in [2.45, 2.75) is 24.9 Å². The van der Waals surface area contributed by atoms with Gasteiger partial charge in [0.2, 0.25) is 0 Å². The van der Waals surface area contributed by atoms with Gasteiger partial charge in [-0.2, -0.15) is 25.3 Å². The molecule has 44 valence electrons. The summed E-state index contributed by atoms with van der Waals surface area (Å²) in [5, 5.41) is 0. The highest BCUT2D eigenvalue weighted by molar-refractivity contribution is 7.99. The molecule has 0 aliphatic heterocycles. The van der Waals surface area contributed by atoms with Crippen LogP contribution in [-0.4, -0.2) is 4.58 Å². The first-order chi connectivity index (χ1) is 3.18. The Morgan fingerprint density at radius 3 is 1.86 bits per heavy atom. The Labute approximate surface area is 56.5 Å². The molecule has 1 unspecified atom stereocenters. The lowest BCUT2D eigenvalue weighted by atomic mass is 10.2. The van der Waals surface area contributed by atoms with Gasteiger partial charge in [-0.15, -0.1) is 0 Å². The average Bonchev–Trinajstić information content (AvgIpc) is 1.65. The molecular weight excluding hydrogens is 124 g/mol. The number of hydrogen-bond donors (Lipinski definition) is 2. The third-order valence-electron chi connectivity index (χ3n) is 1.15. The standard InChI is InChI=1S/C5H12S2/c1-3-4(2)5(6)7/h4-7H,3H2,1-2H3. The van der Waals surface area contributed by atoms with Crippen LogP contribution in [0.25, 0.3) is 0 Å². The first kappa shape index (κ1) is 7.70. The van der Waals surface area contributed by atoms with E-state index in [0.717, 1.165) is 6.42 Å². The summed E-state index contributed by atoms with van der Waals surface area (Å²) in [5.74, 6) is 0.631. The highest BCUT2D eigenvalue weighted by Crippen LogP contribution is 2.15. The molecule has 0 bridgehead atoms. The fourth-order valence-corrected chi connectivity index (χ4v) is 0.632. The molecule has 0 aliphatic carbocycles. The van der Waals surface area contributed by atoms with Crippen LogP contribution in [0.1, 0.15) is 20.3 Å². The maximum Gasteiger partial charge on any atom is 0.0467 e. The van der Waals surface area contributed by atoms with Crippen LogP contribution in [0.5, 0.6) is 0 Å². The van der Waals surface area contributed by atoms with E-state index in [2.05, 4.69) is 39.1 Å². The van der Waals surface area contributed by atoms with Gasteiger partial charge in [0, 0.05) is 4.58 Å². The van der Waals surface area contributed by atoms with Crippen molar-refractivity contribution in [2.75, 3.05) is 0 Å². The molecule has 0 N–H and O–H groups in total. The summed E-state index contributed by atoms with van der Waals surface area (Å²) in [6.07, 6.45) is 1.16. The van der Waals surface area contributed by atoms with Gasteiger partial charge in [0.1, 0.15) is 0 Å². The predicted molar refractivity (Wildman–Crippen MR) is 41.2 cm³/mol. The van der Waals surface area contributed by atoms with Crippen LogP contribution >= 0.6 is 25.3 Å². The van der Waals surface area contributed by atoms with Crippen LogP contribution in [-0.2, 0) is 0 Å². The van der Waals surface area contributed by atoms with Crippen molar-refractivity contribution in [3.8, 4) is 0 Å². The molecule has 0 nitrogen and oxygen atoms in total. The van der Waals surface area contributed by atoms with E-state index < -0.39 is 0 Å². The van der Waals surface area contributed by atoms with Gasteiger partial charge in [0.05, 0.1) is 0 Å². The Morgan fingerprint density at radius 1 is 1.43 bits per heavy atom. The summed E-state index contributed by atoms with van der Waals surface area (Å²) in [6, 6.07) is 0. The van der Waals surface area contributed by atoms with Gasteiger partial charge >= 0.3 is 0 Å². The molecule has 2 heteroatoms. The molecule has 7 heavy (non-hydrogen) atoms. The Bertz CT molecular complexity index is 43.3. The second-order valence-electron chi connectivity index (χ2n) is 1.80. The fraction of sp³-hybridized carbons (Fsp3) is 1.00. The minimum Gasteiger partial charge on any atom is -0.165 e. The topological polar surface area (TPSA) is 0 Å². The molecule has 0 fully saturated rings. The van der Waals surface area contributed by atoms with Gasteiger partial charge in [0.25, 0.3) is 0 Å². The molecule has 0 aromatic heterocycles. The minimum absolute atomic E-state index is 0.255. The maximum atomic E-state index is 4.14. The molecule has 0 aromatic rings. The Morgan fingerprint density at radius 2 is 1.86 bits per heavy atom. The molecule has 0 aromatic carbocycles. The largest absolute Gasteiger partial charge is 0.165 e. The summed E-state index contributed by atoms with van der Waals surface area (Å²) in [4.78, 5) is 0. The van der Waals surface area contributed by atoms with E-state index in [1.54, 1.807) is 0 Å². The summed E-state index contributed by atoms with van der Waals surface area (Å²) >= 11 is 8.27. The smallest absolute Gasteiger partial charge is 0.0467 e. The van der Waals surface area contributed by atoms with Crippen LogP contribution in [0.15, 0.2) is 0 Å². The molecule has 1 atom stereocenters. The first-order valence-electron chi connectivity index (χ1n) is 2.54. The van der Waals surface area contributed by atoms with E-state index in [-0.39, 0.29) is 4.58 Å². The Hall–Kier alpha value is 0.700. The summed E-state index contributed by atoms with van der Waals surface area (Å²) in [7, 11) is 0. The second-order valence-corrected chi connectivity index (χ2v) is 3.32. The molecule has 0 amide bonds. The zero-order valence-electron chi connectivity index (χ0n) is 4.76. The zero-order chi connectivity index (χ0) is 5.86. The Balaban J connectivity index is 3.14. The van der Waals surface area contributed by atoms with E-state index in [0.29, 0.717) is 5.92 Å². The van der Waals surface area contributed by atoms with Crippen LogP contribution in [0.3, 0.4) is 0 Å². The summed E-state index contributed by atoms with van der Waals surface area (Å²) in [6.45, 7) is 4.29. The second kappa shape index (κ2) is 3.67. The zero-order valence-corrected chi connectivity index (χ0v) is 6.55. The van der Waals surface area contributed by atoms with Crippen LogP contribution < -0.4 is 0 Å². The molecule has 0 radical (unpaired) electrons. The third-order valence-corrected chi connectivity index (χ3v) is 2.17. The molecule has 0 saturated carbocycles. The lowest BCUT2D eigenvalue weighted by Gasteiger charge is -2.08. The van der Waals surface area contributed by atoms with Crippen molar-refractivity contribution >= 4 is 25.3 Å². The van der Waals surface area contributed by atoms with Gasteiger partial charge in [-0.25, -0.2) is 0 Å². The molecular formula is C5H12S2. The van der Waals surface area contributed by atoms with Crippen molar-refractivity contribution in [2.24, 2.45) is 5.92 Å². The van der Waals surface area contributed by atoms with E-state index in [1.165, 1.54) is 0 Å². The number of thiol groups is 2. The van der Waals surface area contributed by atoms with Crippen molar-refractivity contribution in [1.82, 2.24) is 0 Å². The number of rotatable bonds is 2. The van der Waals surface area contributed by atoms with Crippen LogP contribution in [0.4, 0.5) is 0 Å². The molecule has 0 saturated heterocycles. The fourth-order valence-electron chi connectivity index (χ4n) is 0.211. The third kappa shape index (κ3) is 3.30. The molecule has 0 rings (SSSR count). The SMILES string of the molecule is CCC(C)C(S)S. The van der Waals surface area contributed by atoms with E-state index in [1.807, 2.05) is 0 Å². The predicted octanol–water partition coefficient (Wildman–Crippen LogP) is 2.22. The number of hydrogen-bond acceptors (Lipinski definition) is 2. The van der Waals surface area contributed by atoms with Crippen molar-refractivity contribution in [1.29, 1.82) is 0 Å². The highest BCUT2D eigenvalue weighted by atomic mass is 32.2. The lowest BCUT2D eigenvalue weighted by molar-refractivity contribution is 0.618. The molecule has 0 aliphatic rings. The van der Waals surface area contributed by atoms with E-state index in [9.17, 15) is 0 Å². The minimum atomic E-state index is 0.255. The molecule has 0 heterocycles. The van der Waals surface area contributed by atoms with Crippen LogP contribution in [0.2, 0.25) is 0 Å². The highest BCUT2D eigenvalue weighted by Gasteiger charge is 2.03. The van der Waals surface area contributed by atoms with Crippen molar-refractivity contribution in [3.05, 3.63) is 0 Å². The lowest BCUT2D eigenvalue weighted by Crippen LogP contribution is -2.01. The summed E-state index contributed by atoms with van der Waals surface area (Å²) < 4.78 is 0.255. The average molecular weight is 136 g/mol. The summed E-state index contributed by atoms with van der Waals surface area (Å²) in [5.41, 5.74) is 0. The van der Waals surface area contributed by atoms with Gasteiger partial charge in [0.15, 0.2) is 0 Å². The first-order valence-corrected chi connectivity index (χ1v) is 3.58. The van der Waals surface area contributed by atoms with E-state index >= 15 is 0 Å². The molecule has 0 spiro atoms. The van der Waals surface area contributed by atoms with Gasteiger partial charge in [-0.3, -0.25) is 0 Å². The normalized spacial score (nSPS) is 15.0. The Kier molecular flexibility index (Phi) is 4.04. The van der Waals surface area contributed by atoms with Crippen molar-refractivity contribution < 1.29 is 0 Å². The maximum absolute atomic E-state index is 4.14. The van der Waals surface area contributed by atoms with Gasteiger partial charge < -0.3 is 0 Å². The van der Waals surface area contributed by atoms with Crippen molar-refractivity contribution in [3.63, 3.8) is 0 Å². The van der Waals surface area contributed by atoms with Gasteiger partial charge in [-0.05, 0) is 5.92 Å².